The molecule has 0 unspecified atom stereocenters. The van der Waals surface area contributed by atoms with Crippen molar-refractivity contribution in [1.82, 2.24) is 25.3 Å². The molecule has 0 aliphatic rings. The summed E-state index contributed by atoms with van der Waals surface area (Å²) in [6, 6.07) is 12.6. The second-order valence-electron chi connectivity index (χ2n) is 6.12. The zero-order chi connectivity index (χ0) is 19.9. The van der Waals surface area contributed by atoms with Crippen LogP contribution in [0.2, 0.25) is 0 Å². The van der Waals surface area contributed by atoms with Crippen molar-refractivity contribution in [3.05, 3.63) is 53.9 Å². The Kier molecular flexibility index (Phi) is 6.05. The van der Waals surface area contributed by atoms with Crippen LogP contribution >= 0.6 is 0 Å². The summed E-state index contributed by atoms with van der Waals surface area (Å²) in [5, 5.41) is 21.4. The maximum absolute atomic E-state index is 12.0. The number of aryl methyl sites for hydroxylation is 2. The van der Waals surface area contributed by atoms with E-state index in [1.165, 1.54) is 0 Å². The molecular weight excluding hydrogens is 358 g/mol. The van der Waals surface area contributed by atoms with Crippen LogP contribution in [0.5, 0.6) is 5.75 Å². The molecule has 0 aliphatic heterocycles. The van der Waals surface area contributed by atoms with Crippen LogP contribution in [0, 0.1) is 13.8 Å². The topological polar surface area (TPSA) is 106 Å². The van der Waals surface area contributed by atoms with Gasteiger partial charge in [0.25, 0.3) is 0 Å². The Hall–Kier alpha value is -3.62. The summed E-state index contributed by atoms with van der Waals surface area (Å²) in [7, 11) is 1.56. The minimum Gasteiger partial charge on any atom is -0.495 e. The largest absolute Gasteiger partial charge is 0.495 e. The molecule has 0 bridgehead atoms. The third-order valence-corrected chi connectivity index (χ3v) is 3.95. The van der Waals surface area contributed by atoms with E-state index >= 15 is 0 Å². The van der Waals surface area contributed by atoms with Gasteiger partial charge in [0.05, 0.1) is 18.5 Å². The van der Waals surface area contributed by atoms with E-state index in [1.807, 2.05) is 44.2 Å². The van der Waals surface area contributed by atoms with E-state index in [-0.39, 0.29) is 6.03 Å². The molecule has 146 valence electrons. The van der Waals surface area contributed by atoms with Crippen LogP contribution in [0.1, 0.15) is 11.4 Å². The predicted octanol–water partition coefficient (Wildman–Crippen LogP) is 2.52. The number of aromatic nitrogens is 4. The Bertz CT molecular complexity index is 938. The fourth-order valence-corrected chi connectivity index (χ4v) is 2.67. The number of carbonyl (C=O) groups excluding carboxylic acids is 1. The molecule has 2 amide bonds. The van der Waals surface area contributed by atoms with E-state index in [9.17, 15) is 4.79 Å². The molecule has 0 atom stereocenters. The molecule has 0 fully saturated rings. The molecule has 9 nitrogen and oxygen atoms in total. The van der Waals surface area contributed by atoms with Crippen LogP contribution in [-0.2, 0) is 0 Å². The van der Waals surface area contributed by atoms with Crippen molar-refractivity contribution in [2.45, 2.75) is 13.8 Å². The van der Waals surface area contributed by atoms with Crippen molar-refractivity contribution in [3.8, 4) is 11.6 Å². The van der Waals surface area contributed by atoms with Gasteiger partial charge in [-0.3, -0.25) is 0 Å². The molecule has 0 saturated heterocycles. The van der Waals surface area contributed by atoms with Gasteiger partial charge in [-0.05, 0) is 44.2 Å². The number of rotatable bonds is 7. The van der Waals surface area contributed by atoms with Crippen molar-refractivity contribution in [2.75, 3.05) is 30.8 Å². The first-order valence-corrected chi connectivity index (χ1v) is 8.86. The van der Waals surface area contributed by atoms with Crippen molar-refractivity contribution >= 4 is 17.5 Å². The predicted molar refractivity (Wildman–Crippen MR) is 107 cm³/mol. The number of nitrogens with one attached hydrogen (secondary N) is 3. The van der Waals surface area contributed by atoms with Gasteiger partial charge in [0, 0.05) is 18.8 Å². The van der Waals surface area contributed by atoms with Crippen LogP contribution in [0.3, 0.4) is 0 Å². The van der Waals surface area contributed by atoms with Crippen LogP contribution in [-0.4, -0.2) is 46.2 Å². The van der Waals surface area contributed by atoms with Gasteiger partial charge in [0.2, 0.25) is 0 Å². The van der Waals surface area contributed by atoms with Gasteiger partial charge in [-0.2, -0.15) is 5.10 Å². The normalized spacial score (nSPS) is 10.4. The number of nitrogens with zero attached hydrogens (tertiary/aromatic N) is 4. The number of ether oxygens (including phenoxy) is 1. The fourth-order valence-electron chi connectivity index (χ4n) is 2.67. The molecule has 0 saturated carbocycles. The number of amides is 2. The first-order chi connectivity index (χ1) is 13.6. The average molecular weight is 381 g/mol. The number of para-hydroxylation sites is 2. The molecule has 3 rings (SSSR count). The van der Waals surface area contributed by atoms with Crippen LogP contribution < -0.4 is 20.7 Å². The molecule has 28 heavy (non-hydrogen) atoms. The SMILES string of the molecule is COc1ccccc1NC(=O)NCCNc1ccc(-n2nc(C)cc2C)nn1. The lowest BCUT2D eigenvalue weighted by atomic mass is 10.3. The lowest BCUT2D eigenvalue weighted by Crippen LogP contribution is -2.32. The van der Waals surface area contributed by atoms with Crippen LogP contribution in [0.15, 0.2) is 42.5 Å². The smallest absolute Gasteiger partial charge is 0.319 e. The number of anilines is 2. The van der Waals surface area contributed by atoms with Crippen molar-refractivity contribution in [2.24, 2.45) is 0 Å². The van der Waals surface area contributed by atoms with E-state index < -0.39 is 0 Å². The highest BCUT2D eigenvalue weighted by molar-refractivity contribution is 5.90. The van der Waals surface area contributed by atoms with Gasteiger partial charge in [0.15, 0.2) is 5.82 Å². The molecule has 3 aromatic rings. The minimum absolute atomic E-state index is 0.308. The Balaban J connectivity index is 1.45. The first kappa shape index (κ1) is 19.2. The first-order valence-electron chi connectivity index (χ1n) is 8.86. The third kappa shape index (κ3) is 4.76. The molecule has 0 radical (unpaired) electrons. The summed E-state index contributed by atoms with van der Waals surface area (Å²) in [5.41, 5.74) is 2.54. The average Bonchev–Trinajstić information content (AvgIpc) is 3.04. The van der Waals surface area contributed by atoms with Crippen molar-refractivity contribution in [3.63, 3.8) is 0 Å². The van der Waals surface area contributed by atoms with Crippen molar-refractivity contribution < 1.29 is 9.53 Å². The lowest BCUT2D eigenvalue weighted by molar-refractivity contribution is 0.252. The van der Waals surface area contributed by atoms with Gasteiger partial charge in [-0.15, -0.1) is 10.2 Å². The Morgan fingerprint density at radius 1 is 1.11 bits per heavy atom. The van der Waals surface area contributed by atoms with E-state index in [0.29, 0.717) is 36.2 Å². The molecule has 1 aromatic carbocycles. The summed E-state index contributed by atoms with van der Waals surface area (Å²) in [5.74, 6) is 1.89. The molecule has 0 spiro atoms. The summed E-state index contributed by atoms with van der Waals surface area (Å²) in [4.78, 5) is 12.0. The highest BCUT2D eigenvalue weighted by Gasteiger charge is 2.07. The van der Waals surface area contributed by atoms with Gasteiger partial charge in [-0.25, -0.2) is 9.48 Å². The molecule has 3 N–H and O–H groups in total. The van der Waals surface area contributed by atoms with Gasteiger partial charge >= 0.3 is 6.03 Å². The quantitative estimate of drug-likeness (QED) is 0.543. The molecule has 9 heteroatoms. The second-order valence-corrected chi connectivity index (χ2v) is 6.12. The summed E-state index contributed by atoms with van der Waals surface area (Å²) < 4.78 is 6.95. The molecule has 2 heterocycles. The number of carbonyl (C=O) groups is 1. The van der Waals surface area contributed by atoms with Gasteiger partial charge < -0.3 is 20.7 Å². The zero-order valence-electron chi connectivity index (χ0n) is 16.1. The number of benzene rings is 1. The van der Waals surface area contributed by atoms with E-state index in [2.05, 4.69) is 31.2 Å². The third-order valence-electron chi connectivity index (χ3n) is 3.95. The van der Waals surface area contributed by atoms with Gasteiger partial charge in [-0.1, -0.05) is 12.1 Å². The number of hydrogen-bond donors (Lipinski definition) is 3. The second kappa shape index (κ2) is 8.85. The van der Waals surface area contributed by atoms with Gasteiger partial charge in [0.1, 0.15) is 11.6 Å². The van der Waals surface area contributed by atoms with Crippen LogP contribution in [0.25, 0.3) is 5.82 Å². The number of methoxy groups -OCH3 is 1. The standard InChI is InChI=1S/C19H23N7O2/c1-13-12-14(2)26(25-13)18-9-8-17(23-24-18)20-10-11-21-19(27)22-15-6-4-5-7-16(15)28-3/h4-9,12H,10-11H2,1-3H3,(H,20,23)(H2,21,22,27). The van der Waals surface area contributed by atoms with E-state index in [0.717, 1.165) is 11.4 Å². The zero-order valence-corrected chi connectivity index (χ0v) is 16.1. The highest BCUT2D eigenvalue weighted by Crippen LogP contribution is 2.22. The van der Waals surface area contributed by atoms with E-state index in [4.69, 9.17) is 4.74 Å². The van der Waals surface area contributed by atoms with E-state index in [1.54, 1.807) is 23.9 Å². The molecular formula is C19H23N7O2. The van der Waals surface area contributed by atoms with Crippen LogP contribution in [0.4, 0.5) is 16.3 Å². The minimum atomic E-state index is -0.308. The Morgan fingerprint density at radius 2 is 1.93 bits per heavy atom. The summed E-state index contributed by atoms with van der Waals surface area (Å²) in [6.45, 7) is 4.83. The molecule has 0 aliphatic carbocycles. The summed E-state index contributed by atoms with van der Waals surface area (Å²) in [6.07, 6.45) is 0. The highest BCUT2D eigenvalue weighted by atomic mass is 16.5. The fraction of sp³-hybridized carbons (Fsp3) is 0.263. The number of urea groups is 1. The number of hydrogen-bond acceptors (Lipinski definition) is 6. The maximum atomic E-state index is 12.0. The Morgan fingerprint density at radius 3 is 2.61 bits per heavy atom. The summed E-state index contributed by atoms with van der Waals surface area (Å²) >= 11 is 0. The monoisotopic (exact) mass is 381 g/mol. The van der Waals surface area contributed by atoms with Crippen molar-refractivity contribution in [1.29, 1.82) is 0 Å². The molecule has 2 aromatic heterocycles. The lowest BCUT2D eigenvalue weighted by Gasteiger charge is -2.11. The Labute approximate surface area is 163 Å². The maximum Gasteiger partial charge on any atom is 0.319 e.